The first-order chi connectivity index (χ1) is 15.8. The van der Waals surface area contributed by atoms with E-state index in [4.69, 9.17) is 4.74 Å². The minimum Gasteiger partial charge on any atom is -0.462 e. The van der Waals surface area contributed by atoms with Crippen molar-refractivity contribution in [2.45, 2.75) is 13.1 Å². The number of amides is 1. The van der Waals surface area contributed by atoms with Gasteiger partial charge in [0.2, 0.25) is 0 Å². The molecule has 0 atom stereocenters. The van der Waals surface area contributed by atoms with Crippen molar-refractivity contribution in [3.05, 3.63) is 89.7 Å². The number of halogens is 3. The number of rotatable bonds is 5. The number of nitrogens with zero attached hydrogens (tertiary/aromatic N) is 2. The lowest BCUT2D eigenvalue weighted by atomic mass is 10.1. The number of hydrogen-bond donors (Lipinski definition) is 1. The molecule has 1 N–H and O–H groups in total. The summed E-state index contributed by atoms with van der Waals surface area (Å²) in [6, 6.07) is 14.4. The average molecular weight is 453 g/mol. The van der Waals surface area contributed by atoms with E-state index in [-0.39, 0.29) is 12.2 Å². The number of hydrogen-bond acceptors (Lipinski definition) is 4. The second-order valence-corrected chi connectivity index (χ2v) is 7.09. The van der Waals surface area contributed by atoms with Crippen LogP contribution in [0.3, 0.4) is 0 Å². The van der Waals surface area contributed by atoms with Gasteiger partial charge in [-0.2, -0.15) is 13.2 Å². The molecule has 0 aliphatic rings. The number of aromatic nitrogens is 2. The van der Waals surface area contributed by atoms with Crippen LogP contribution in [0.5, 0.6) is 0 Å². The van der Waals surface area contributed by atoms with Gasteiger partial charge in [0, 0.05) is 29.2 Å². The van der Waals surface area contributed by atoms with Gasteiger partial charge in [0.1, 0.15) is 5.56 Å². The fraction of sp³-hybridized carbons (Fsp3) is 0.125. The van der Waals surface area contributed by atoms with E-state index < -0.39 is 23.6 Å². The van der Waals surface area contributed by atoms with Crippen LogP contribution in [0.25, 0.3) is 16.9 Å². The third-order valence-electron chi connectivity index (χ3n) is 4.91. The van der Waals surface area contributed by atoms with Crippen molar-refractivity contribution >= 4 is 23.2 Å². The van der Waals surface area contributed by atoms with Gasteiger partial charge in [-0.1, -0.05) is 18.2 Å². The topological polar surface area (TPSA) is 72.7 Å². The summed E-state index contributed by atoms with van der Waals surface area (Å²) < 4.78 is 45.6. The van der Waals surface area contributed by atoms with E-state index >= 15 is 0 Å². The lowest BCUT2D eigenvalue weighted by molar-refractivity contribution is -0.137. The summed E-state index contributed by atoms with van der Waals surface area (Å²) in [7, 11) is 0. The molecule has 0 bridgehead atoms. The average Bonchev–Trinajstić information content (AvgIpc) is 3.23. The molecule has 0 saturated heterocycles. The van der Waals surface area contributed by atoms with Gasteiger partial charge in [-0.3, -0.25) is 4.79 Å². The Bertz CT molecular complexity index is 1350. The van der Waals surface area contributed by atoms with Crippen LogP contribution in [-0.4, -0.2) is 27.9 Å². The molecular weight excluding hydrogens is 435 g/mol. The SMILES string of the molecule is CCOC(=O)c1ccn2c(-c3cccc(NC(=O)c4cccc(C(F)(F)F)c4)c3)ccnc12. The normalized spacial score (nSPS) is 11.4. The number of benzene rings is 2. The molecule has 33 heavy (non-hydrogen) atoms. The highest BCUT2D eigenvalue weighted by atomic mass is 19.4. The Kier molecular flexibility index (Phi) is 5.87. The maximum atomic E-state index is 13.0. The highest BCUT2D eigenvalue weighted by Gasteiger charge is 2.30. The van der Waals surface area contributed by atoms with Gasteiger partial charge < -0.3 is 14.5 Å². The van der Waals surface area contributed by atoms with Crippen molar-refractivity contribution in [3.8, 4) is 11.3 Å². The molecule has 0 aliphatic heterocycles. The zero-order chi connectivity index (χ0) is 23.6. The van der Waals surface area contributed by atoms with Gasteiger partial charge in [0.15, 0.2) is 5.65 Å². The predicted molar refractivity (Wildman–Crippen MR) is 116 cm³/mol. The predicted octanol–water partition coefficient (Wildman–Crippen LogP) is 5.45. The van der Waals surface area contributed by atoms with Gasteiger partial charge in [-0.25, -0.2) is 9.78 Å². The number of anilines is 1. The Hall–Kier alpha value is -4.14. The summed E-state index contributed by atoms with van der Waals surface area (Å²) in [6.45, 7) is 1.96. The van der Waals surface area contributed by atoms with Gasteiger partial charge in [0.05, 0.1) is 17.9 Å². The first kappa shape index (κ1) is 22.1. The first-order valence-electron chi connectivity index (χ1n) is 10.00. The number of ether oxygens (including phenoxy) is 1. The molecule has 2 aromatic heterocycles. The molecular formula is C24H18F3N3O3. The maximum absolute atomic E-state index is 13.0. The van der Waals surface area contributed by atoms with Crippen molar-refractivity contribution in [2.24, 2.45) is 0 Å². The smallest absolute Gasteiger partial charge is 0.416 e. The molecule has 1 amide bonds. The summed E-state index contributed by atoms with van der Waals surface area (Å²) in [5.74, 6) is -1.14. The Labute approximate surface area is 186 Å². The van der Waals surface area contributed by atoms with Crippen molar-refractivity contribution in [3.63, 3.8) is 0 Å². The summed E-state index contributed by atoms with van der Waals surface area (Å²) in [5.41, 5.74) is 1.55. The summed E-state index contributed by atoms with van der Waals surface area (Å²) >= 11 is 0. The van der Waals surface area contributed by atoms with Crippen LogP contribution in [0.15, 0.2) is 73.1 Å². The van der Waals surface area contributed by atoms with E-state index in [0.717, 1.165) is 12.1 Å². The minimum absolute atomic E-state index is 0.106. The Morgan fingerprint density at radius 1 is 1.06 bits per heavy atom. The fourth-order valence-electron chi connectivity index (χ4n) is 3.41. The van der Waals surface area contributed by atoms with Crippen molar-refractivity contribution < 1.29 is 27.5 Å². The first-order valence-corrected chi connectivity index (χ1v) is 10.00. The molecule has 168 valence electrons. The van der Waals surface area contributed by atoms with Crippen LogP contribution in [0.4, 0.5) is 18.9 Å². The Morgan fingerprint density at radius 3 is 2.61 bits per heavy atom. The highest BCUT2D eigenvalue weighted by molar-refractivity contribution is 6.04. The summed E-state index contributed by atoms with van der Waals surface area (Å²) in [5, 5.41) is 2.63. The van der Waals surface area contributed by atoms with Crippen molar-refractivity contribution in [1.82, 2.24) is 9.38 Å². The van der Waals surface area contributed by atoms with E-state index in [2.05, 4.69) is 10.3 Å². The van der Waals surface area contributed by atoms with E-state index in [1.807, 2.05) is 0 Å². The van der Waals surface area contributed by atoms with E-state index in [1.54, 1.807) is 60.1 Å². The van der Waals surface area contributed by atoms with Gasteiger partial charge in [0.25, 0.3) is 5.91 Å². The van der Waals surface area contributed by atoms with Crippen molar-refractivity contribution in [2.75, 3.05) is 11.9 Å². The van der Waals surface area contributed by atoms with Crippen LogP contribution in [0, 0.1) is 0 Å². The molecule has 0 spiro atoms. The number of esters is 1. The molecule has 0 unspecified atom stereocenters. The van der Waals surface area contributed by atoms with Crippen LogP contribution in [0.1, 0.15) is 33.2 Å². The monoisotopic (exact) mass is 453 g/mol. The van der Waals surface area contributed by atoms with Gasteiger partial charge >= 0.3 is 12.1 Å². The van der Waals surface area contributed by atoms with E-state index in [0.29, 0.717) is 28.2 Å². The molecule has 0 radical (unpaired) electrons. The van der Waals surface area contributed by atoms with Crippen LogP contribution in [0.2, 0.25) is 0 Å². The molecule has 0 saturated carbocycles. The van der Waals surface area contributed by atoms with Crippen molar-refractivity contribution in [1.29, 1.82) is 0 Å². The quantitative estimate of drug-likeness (QED) is 0.408. The number of fused-ring (bicyclic) bond motifs is 1. The largest absolute Gasteiger partial charge is 0.462 e. The third kappa shape index (κ3) is 4.57. The lowest BCUT2D eigenvalue weighted by Gasteiger charge is -2.11. The lowest BCUT2D eigenvalue weighted by Crippen LogP contribution is -2.14. The summed E-state index contributed by atoms with van der Waals surface area (Å²) in [4.78, 5) is 29.0. The molecule has 4 rings (SSSR count). The van der Waals surface area contributed by atoms with Gasteiger partial charge in [-0.15, -0.1) is 0 Å². The number of carbonyl (C=O) groups is 2. The molecule has 6 nitrogen and oxygen atoms in total. The van der Waals surface area contributed by atoms with Crippen LogP contribution >= 0.6 is 0 Å². The van der Waals surface area contributed by atoms with E-state index in [9.17, 15) is 22.8 Å². The van der Waals surface area contributed by atoms with E-state index in [1.165, 1.54) is 12.1 Å². The Balaban J connectivity index is 1.63. The third-order valence-corrected chi connectivity index (χ3v) is 4.91. The van der Waals surface area contributed by atoms with Crippen LogP contribution in [-0.2, 0) is 10.9 Å². The van der Waals surface area contributed by atoms with Gasteiger partial charge in [-0.05, 0) is 49.4 Å². The molecule has 4 aromatic rings. The number of carbonyl (C=O) groups excluding carboxylic acids is 2. The second kappa shape index (κ2) is 8.78. The number of nitrogens with one attached hydrogen (secondary N) is 1. The zero-order valence-electron chi connectivity index (χ0n) is 17.4. The van der Waals surface area contributed by atoms with Crippen LogP contribution < -0.4 is 5.32 Å². The highest BCUT2D eigenvalue weighted by Crippen LogP contribution is 2.30. The maximum Gasteiger partial charge on any atom is 0.416 e. The molecule has 2 heterocycles. The molecule has 0 fully saturated rings. The standard InChI is InChI=1S/C24H18F3N3O3/c1-2-33-23(32)19-10-12-30-20(9-11-28-21(19)30)15-5-4-8-18(14-15)29-22(31)16-6-3-7-17(13-16)24(25,26)27/h3-14H,2H2,1H3,(H,29,31). The number of alkyl halides is 3. The second-order valence-electron chi connectivity index (χ2n) is 7.09. The molecule has 0 aliphatic carbocycles. The fourth-order valence-corrected chi connectivity index (χ4v) is 3.41. The zero-order valence-corrected chi connectivity index (χ0v) is 17.4. The summed E-state index contributed by atoms with van der Waals surface area (Å²) in [6.07, 6.45) is -1.29. The molecule has 9 heteroatoms. The Morgan fingerprint density at radius 2 is 1.85 bits per heavy atom. The molecule has 2 aromatic carbocycles. The minimum atomic E-state index is -4.54.